The normalized spacial score (nSPS) is 11.5. The Bertz CT molecular complexity index is 123. The molecule has 0 aromatic carbocycles. The maximum absolute atomic E-state index is 10.2. The smallest absolute Gasteiger partial charge is 0.303 e. The van der Waals surface area contributed by atoms with Gasteiger partial charge in [0.25, 0.3) is 0 Å². The second-order valence-electron chi connectivity index (χ2n) is 3.12. The molecule has 0 saturated carbocycles. The van der Waals surface area contributed by atoms with Gasteiger partial charge in [-0.1, -0.05) is 13.8 Å². The van der Waals surface area contributed by atoms with Crippen LogP contribution in [-0.2, 0) is 4.79 Å². The number of hydrogen-bond acceptors (Lipinski definition) is 3. The third-order valence-corrected chi connectivity index (χ3v) is 1.21. The van der Waals surface area contributed by atoms with Gasteiger partial charge in [0, 0.05) is 6.54 Å². The van der Waals surface area contributed by atoms with E-state index in [1.807, 2.05) is 13.8 Å². The highest BCUT2D eigenvalue weighted by Crippen LogP contribution is 2.17. The summed E-state index contributed by atoms with van der Waals surface area (Å²) in [5.41, 5.74) is 2.19. The summed E-state index contributed by atoms with van der Waals surface area (Å²) in [6.45, 7) is 4.21. The molecule has 10 heavy (non-hydrogen) atoms. The Labute approximate surface area is 60.4 Å². The number of carboxylic acid groups (broad SMARTS) is 1. The summed E-state index contributed by atoms with van der Waals surface area (Å²) in [5, 5.41) is 8.41. The minimum atomic E-state index is -0.791. The molecule has 4 N–H and O–H groups in total. The molecule has 4 nitrogen and oxygen atoms in total. The fourth-order valence-corrected chi connectivity index (χ4v) is 0.748. The minimum absolute atomic E-state index is 0.136. The van der Waals surface area contributed by atoms with E-state index in [1.165, 1.54) is 0 Å². The third-order valence-electron chi connectivity index (χ3n) is 1.21. The van der Waals surface area contributed by atoms with E-state index in [0.29, 0.717) is 6.54 Å². The molecule has 0 radical (unpaired) electrons. The van der Waals surface area contributed by atoms with Crippen LogP contribution in [0.15, 0.2) is 0 Å². The Morgan fingerprint density at radius 1 is 1.70 bits per heavy atom. The lowest BCUT2D eigenvalue weighted by atomic mass is 9.90. The van der Waals surface area contributed by atoms with Crippen LogP contribution < -0.4 is 11.3 Å². The van der Waals surface area contributed by atoms with Crippen LogP contribution in [0, 0.1) is 5.41 Å². The van der Waals surface area contributed by atoms with Crippen molar-refractivity contribution in [3.05, 3.63) is 0 Å². The van der Waals surface area contributed by atoms with Gasteiger partial charge in [-0.15, -0.1) is 0 Å². The monoisotopic (exact) mass is 146 g/mol. The van der Waals surface area contributed by atoms with Gasteiger partial charge in [0.05, 0.1) is 6.42 Å². The molecule has 0 rings (SSSR count). The molecule has 0 amide bonds. The van der Waals surface area contributed by atoms with Crippen LogP contribution in [0.5, 0.6) is 0 Å². The lowest BCUT2D eigenvalue weighted by molar-refractivity contribution is -0.139. The van der Waals surface area contributed by atoms with Crippen molar-refractivity contribution >= 4 is 5.97 Å². The Hall–Kier alpha value is -0.610. The topological polar surface area (TPSA) is 75.3 Å². The van der Waals surface area contributed by atoms with Gasteiger partial charge >= 0.3 is 5.97 Å². The van der Waals surface area contributed by atoms with E-state index in [-0.39, 0.29) is 11.8 Å². The summed E-state index contributed by atoms with van der Waals surface area (Å²) in [5.74, 6) is 4.26. The van der Waals surface area contributed by atoms with Crippen molar-refractivity contribution in [3.63, 3.8) is 0 Å². The van der Waals surface area contributed by atoms with Crippen LogP contribution in [0.1, 0.15) is 20.3 Å². The van der Waals surface area contributed by atoms with Crippen molar-refractivity contribution < 1.29 is 9.90 Å². The van der Waals surface area contributed by atoms with Gasteiger partial charge in [-0.25, -0.2) is 0 Å². The van der Waals surface area contributed by atoms with E-state index >= 15 is 0 Å². The molecule has 0 aliphatic heterocycles. The zero-order valence-electron chi connectivity index (χ0n) is 6.35. The van der Waals surface area contributed by atoms with Gasteiger partial charge in [-0.3, -0.25) is 16.1 Å². The molecule has 0 atom stereocenters. The highest BCUT2D eigenvalue weighted by atomic mass is 16.4. The third kappa shape index (κ3) is 4.29. The Kier molecular flexibility index (Phi) is 3.32. The number of rotatable bonds is 4. The average Bonchev–Trinajstić information content (AvgIpc) is 1.59. The van der Waals surface area contributed by atoms with Crippen molar-refractivity contribution in [1.82, 2.24) is 5.43 Å². The van der Waals surface area contributed by atoms with Crippen LogP contribution in [0.4, 0.5) is 0 Å². The molecule has 0 saturated heterocycles. The second kappa shape index (κ2) is 3.53. The standard InChI is InChI=1S/C6H14N2O2/c1-6(2,4-8-7)3-5(9)10/h8H,3-4,7H2,1-2H3,(H,9,10). The molecule has 60 valence electrons. The van der Waals surface area contributed by atoms with Crippen molar-refractivity contribution in [2.24, 2.45) is 11.3 Å². The van der Waals surface area contributed by atoms with E-state index in [1.54, 1.807) is 0 Å². The quantitative estimate of drug-likeness (QED) is 0.384. The molecule has 0 bridgehead atoms. The van der Waals surface area contributed by atoms with Gasteiger partial charge in [0.1, 0.15) is 0 Å². The first-order valence-electron chi connectivity index (χ1n) is 3.13. The second-order valence-corrected chi connectivity index (χ2v) is 3.12. The largest absolute Gasteiger partial charge is 0.481 e. The van der Waals surface area contributed by atoms with Gasteiger partial charge in [0.15, 0.2) is 0 Å². The maximum atomic E-state index is 10.2. The predicted octanol–water partition coefficient (Wildman–Crippen LogP) is -0.0494. The summed E-state index contributed by atoms with van der Waals surface area (Å²) < 4.78 is 0. The number of carbonyl (C=O) groups is 1. The number of hydrogen-bond donors (Lipinski definition) is 3. The fraction of sp³-hybridized carbons (Fsp3) is 0.833. The summed E-state index contributed by atoms with van der Waals surface area (Å²) >= 11 is 0. The van der Waals surface area contributed by atoms with Crippen molar-refractivity contribution in [2.75, 3.05) is 6.54 Å². The Morgan fingerprint density at radius 3 is 2.50 bits per heavy atom. The van der Waals surface area contributed by atoms with Gasteiger partial charge in [-0.05, 0) is 5.41 Å². The van der Waals surface area contributed by atoms with Crippen molar-refractivity contribution in [1.29, 1.82) is 0 Å². The van der Waals surface area contributed by atoms with Crippen molar-refractivity contribution in [3.8, 4) is 0 Å². The Balaban J connectivity index is 3.74. The van der Waals surface area contributed by atoms with Crippen LogP contribution in [0.3, 0.4) is 0 Å². The molecule has 0 spiro atoms. The van der Waals surface area contributed by atoms with E-state index in [4.69, 9.17) is 10.9 Å². The number of aliphatic carboxylic acids is 1. The number of nitrogens with two attached hydrogens (primary N) is 1. The molecule has 0 aromatic heterocycles. The van der Waals surface area contributed by atoms with Crippen molar-refractivity contribution in [2.45, 2.75) is 20.3 Å². The molecule has 0 unspecified atom stereocenters. The van der Waals surface area contributed by atoms with Gasteiger partial charge in [-0.2, -0.15) is 0 Å². The summed E-state index contributed by atoms with van der Waals surface area (Å²) in [4.78, 5) is 10.2. The molecule has 0 aliphatic carbocycles. The lowest BCUT2D eigenvalue weighted by Crippen LogP contribution is -2.35. The number of carboxylic acids is 1. The van der Waals surface area contributed by atoms with E-state index in [0.717, 1.165) is 0 Å². The zero-order chi connectivity index (χ0) is 8.20. The van der Waals surface area contributed by atoms with Gasteiger partial charge in [0.2, 0.25) is 0 Å². The first-order chi connectivity index (χ1) is 4.48. The highest BCUT2D eigenvalue weighted by molar-refractivity contribution is 5.67. The number of nitrogens with one attached hydrogen (secondary N) is 1. The zero-order valence-corrected chi connectivity index (χ0v) is 6.35. The maximum Gasteiger partial charge on any atom is 0.303 e. The average molecular weight is 146 g/mol. The first kappa shape index (κ1) is 9.39. The van der Waals surface area contributed by atoms with Crippen LogP contribution in [-0.4, -0.2) is 17.6 Å². The van der Waals surface area contributed by atoms with Crippen LogP contribution in [0.2, 0.25) is 0 Å². The molecule has 0 aromatic rings. The van der Waals surface area contributed by atoms with Gasteiger partial charge < -0.3 is 5.11 Å². The molecule has 0 aliphatic rings. The SMILES string of the molecule is CC(C)(CNN)CC(=O)O. The molecule has 0 fully saturated rings. The van der Waals surface area contributed by atoms with E-state index in [9.17, 15) is 4.79 Å². The summed E-state index contributed by atoms with van der Waals surface area (Å²) in [6, 6.07) is 0. The molecular weight excluding hydrogens is 132 g/mol. The molecule has 0 heterocycles. The summed E-state index contributed by atoms with van der Waals surface area (Å²) in [7, 11) is 0. The van der Waals surface area contributed by atoms with Crippen LogP contribution in [0.25, 0.3) is 0 Å². The molecular formula is C6H14N2O2. The fourth-order valence-electron chi connectivity index (χ4n) is 0.748. The minimum Gasteiger partial charge on any atom is -0.481 e. The predicted molar refractivity (Wildman–Crippen MR) is 38.2 cm³/mol. The highest BCUT2D eigenvalue weighted by Gasteiger charge is 2.20. The van der Waals surface area contributed by atoms with E-state index in [2.05, 4.69) is 5.43 Å². The van der Waals surface area contributed by atoms with E-state index < -0.39 is 5.97 Å². The number of hydrazine groups is 1. The Morgan fingerprint density at radius 2 is 2.20 bits per heavy atom. The first-order valence-corrected chi connectivity index (χ1v) is 3.13. The van der Waals surface area contributed by atoms with Crippen LogP contribution >= 0.6 is 0 Å². The summed E-state index contributed by atoms with van der Waals surface area (Å²) in [6.07, 6.45) is 0.136. The lowest BCUT2D eigenvalue weighted by Gasteiger charge is -2.20. The molecule has 4 heteroatoms.